The molecule has 4 nitrogen and oxygen atoms in total. The summed E-state index contributed by atoms with van der Waals surface area (Å²) in [7, 11) is -2.15. The maximum Gasteiger partial charge on any atom is 0.448 e. The number of thiol groups is 1. The molecule has 0 unspecified atom stereocenters. The van der Waals surface area contributed by atoms with Crippen LogP contribution in [-0.4, -0.2) is 27.0 Å². The number of carbonyl (C=O) groups excluding carboxylic acids is 2. The molecular formula is C9H18O4SSi. The van der Waals surface area contributed by atoms with E-state index in [2.05, 4.69) is 12.6 Å². The third-order valence-electron chi connectivity index (χ3n) is 1.70. The van der Waals surface area contributed by atoms with Gasteiger partial charge in [0.2, 0.25) is 0 Å². The highest BCUT2D eigenvalue weighted by Crippen LogP contribution is 2.05. The standard InChI is InChI=1S/C9H18O4SSi/c1-3-8(10)12-15(7-5-6-14)13-9(11)4-2/h14-15H,3-7H2,1-2H3. The van der Waals surface area contributed by atoms with Gasteiger partial charge in [-0.2, -0.15) is 12.6 Å². The molecule has 6 heteroatoms. The molecule has 0 saturated heterocycles. The van der Waals surface area contributed by atoms with Gasteiger partial charge in [0.25, 0.3) is 11.9 Å². The number of rotatable bonds is 7. The third kappa shape index (κ3) is 7.44. The predicted molar refractivity (Wildman–Crippen MR) is 63.2 cm³/mol. The molecule has 0 aromatic heterocycles. The van der Waals surface area contributed by atoms with E-state index < -0.39 is 9.28 Å². The van der Waals surface area contributed by atoms with Crippen LogP contribution in [0.5, 0.6) is 0 Å². The molecule has 0 heterocycles. The lowest BCUT2D eigenvalue weighted by Gasteiger charge is -2.15. The zero-order valence-electron chi connectivity index (χ0n) is 9.19. The molecule has 0 aromatic carbocycles. The van der Waals surface area contributed by atoms with Crippen molar-refractivity contribution >= 4 is 33.9 Å². The first-order chi connectivity index (χ1) is 7.13. The number of hydrogen-bond donors (Lipinski definition) is 1. The topological polar surface area (TPSA) is 52.6 Å². The van der Waals surface area contributed by atoms with Crippen LogP contribution >= 0.6 is 12.6 Å². The lowest BCUT2D eigenvalue weighted by atomic mass is 10.5. The van der Waals surface area contributed by atoms with Crippen LogP contribution in [0.4, 0.5) is 0 Å². The molecule has 15 heavy (non-hydrogen) atoms. The lowest BCUT2D eigenvalue weighted by molar-refractivity contribution is -0.140. The fraction of sp³-hybridized carbons (Fsp3) is 0.778. The highest BCUT2D eigenvalue weighted by Gasteiger charge is 2.20. The SMILES string of the molecule is CCC(=O)O[SiH](CCCS)OC(=O)CC. The molecular weight excluding hydrogens is 232 g/mol. The molecule has 0 radical (unpaired) electrons. The van der Waals surface area contributed by atoms with E-state index in [0.717, 1.165) is 6.42 Å². The summed E-state index contributed by atoms with van der Waals surface area (Å²) in [5, 5.41) is 0. The molecule has 88 valence electrons. The maximum absolute atomic E-state index is 11.1. The van der Waals surface area contributed by atoms with Gasteiger partial charge < -0.3 is 8.85 Å². The predicted octanol–water partition coefficient (Wildman–Crippen LogP) is 1.43. The molecule has 0 bridgehead atoms. The third-order valence-corrected chi connectivity index (χ3v) is 3.95. The van der Waals surface area contributed by atoms with Gasteiger partial charge in [-0.25, -0.2) is 0 Å². The van der Waals surface area contributed by atoms with Crippen LogP contribution in [0, 0.1) is 0 Å². The van der Waals surface area contributed by atoms with Gasteiger partial charge in [-0.05, 0) is 12.2 Å². The second-order valence-corrected chi connectivity index (χ2v) is 5.34. The van der Waals surface area contributed by atoms with E-state index >= 15 is 0 Å². The van der Waals surface area contributed by atoms with Crippen molar-refractivity contribution in [2.75, 3.05) is 5.75 Å². The van der Waals surface area contributed by atoms with E-state index in [0.29, 0.717) is 24.6 Å². The summed E-state index contributed by atoms with van der Waals surface area (Å²) in [6, 6.07) is 0.640. The van der Waals surface area contributed by atoms with Gasteiger partial charge in [0.05, 0.1) is 0 Å². The maximum atomic E-state index is 11.1. The molecule has 0 N–H and O–H groups in total. The Labute approximate surface area is 97.6 Å². The van der Waals surface area contributed by atoms with Crippen molar-refractivity contribution < 1.29 is 18.4 Å². The summed E-state index contributed by atoms with van der Waals surface area (Å²) in [5.41, 5.74) is 0. The zero-order valence-corrected chi connectivity index (χ0v) is 11.2. The van der Waals surface area contributed by atoms with Gasteiger partial charge in [0.1, 0.15) is 0 Å². The molecule has 0 aliphatic rings. The normalized spacial score (nSPS) is 10.1. The van der Waals surface area contributed by atoms with E-state index in [4.69, 9.17) is 8.85 Å². The van der Waals surface area contributed by atoms with Crippen LogP contribution in [0.2, 0.25) is 6.04 Å². The van der Waals surface area contributed by atoms with Gasteiger partial charge in [-0.1, -0.05) is 13.8 Å². The summed E-state index contributed by atoms with van der Waals surface area (Å²) in [4.78, 5) is 22.1. The van der Waals surface area contributed by atoms with Crippen molar-refractivity contribution in [1.82, 2.24) is 0 Å². The van der Waals surface area contributed by atoms with E-state index in [-0.39, 0.29) is 11.9 Å². The summed E-state index contributed by atoms with van der Waals surface area (Å²) in [5.74, 6) is 0.112. The smallest absolute Gasteiger partial charge is 0.448 e. The second-order valence-electron chi connectivity index (χ2n) is 2.98. The van der Waals surface area contributed by atoms with Crippen LogP contribution in [-0.2, 0) is 18.4 Å². The fourth-order valence-electron chi connectivity index (χ4n) is 0.860. The highest BCUT2D eigenvalue weighted by molar-refractivity contribution is 7.80. The molecule has 0 saturated carbocycles. The van der Waals surface area contributed by atoms with E-state index in [1.54, 1.807) is 13.8 Å². The Morgan fingerprint density at radius 1 is 1.13 bits per heavy atom. The minimum Gasteiger partial charge on any atom is -0.487 e. The van der Waals surface area contributed by atoms with Crippen molar-refractivity contribution in [2.24, 2.45) is 0 Å². The monoisotopic (exact) mass is 250 g/mol. The van der Waals surface area contributed by atoms with E-state index in [9.17, 15) is 9.59 Å². The molecule has 0 aromatic rings. The summed E-state index contributed by atoms with van der Waals surface area (Å²) in [6.07, 6.45) is 1.43. The van der Waals surface area contributed by atoms with Crippen LogP contribution in [0.15, 0.2) is 0 Å². The zero-order chi connectivity index (χ0) is 11.7. The fourth-order valence-corrected chi connectivity index (χ4v) is 3.13. The van der Waals surface area contributed by atoms with Gasteiger partial charge in [0, 0.05) is 18.9 Å². The van der Waals surface area contributed by atoms with Crippen LogP contribution in [0.25, 0.3) is 0 Å². The van der Waals surface area contributed by atoms with Gasteiger partial charge in [-0.15, -0.1) is 0 Å². The Kier molecular flexibility index (Phi) is 8.50. The minimum absolute atomic E-state index is 0.297. The average molecular weight is 250 g/mol. The second kappa shape index (κ2) is 8.79. The van der Waals surface area contributed by atoms with Gasteiger partial charge in [-0.3, -0.25) is 9.59 Å². The molecule has 0 fully saturated rings. The number of carbonyl (C=O) groups is 2. The largest absolute Gasteiger partial charge is 0.487 e. The van der Waals surface area contributed by atoms with Crippen LogP contribution < -0.4 is 0 Å². The molecule has 0 aliphatic heterocycles. The van der Waals surface area contributed by atoms with Crippen molar-refractivity contribution in [3.05, 3.63) is 0 Å². The Morgan fingerprint density at radius 2 is 1.60 bits per heavy atom. The quantitative estimate of drug-likeness (QED) is 0.548. The Balaban J connectivity index is 4.05. The lowest BCUT2D eigenvalue weighted by Crippen LogP contribution is -2.28. The van der Waals surface area contributed by atoms with Crippen LogP contribution in [0.1, 0.15) is 33.1 Å². The molecule has 0 amide bonds. The highest BCUT2D eigenvalue weighted by atomic mass is 32.1. The van der Waals surface area contributed by atoms with Crippen molar-refractivity contribution in [3.8, 4) is 0 Å². The Hall–Kier alpha value is -0.493. The first-order valence-corrected chi connectivity index (χ1v) is 7.53. The molecule has 0 rings (SSSR count). The summed E-state index contributed by atoms with van der Waals surface area (Å²) < 4.78 is 10.2. The number of hydrogen-bond acceptors (Lipinski definition) is 5. The van der Waals surface area contributed by atoms with Crippen molar-refractivity contribution in [3.63, 3.8) is 0 Å². The van der Waals surface area contributed by atoms with Crippen molar-refractivity contribution in [1.29, 1.82) is 0 Å². The first kappa shape index (κ1) is 14.5. The minimum atomic E-state index is -2.15. The van der Waals surface area contributed by atoms with Crippen molar-refractivity contribution in [2.45, 2.75) is 39.2 Å². The van der Waals surface area contributed by atoms with Crippen LogP contribution in [0.3, 0.4) is 0 Å². The summed E-state index contributed by atoms with van der Waals surface area (Å²) in [6.45, 7) is 3.43. The van der Waals surface area contributed by atoms with E-state index in [1.165, 1.54) is 0 Å². The molecule has 0 atom stereocenters. The van der Waals surface area contributed by atoms with Gasteiger partial charge >= 0.3 is 9.28 Å². The molecule has 0 spiro atoms. The molecule has 0 aliphatic carbocycles. The first-order valence-electron chi connectivity index (χ1n) is 5.13. The summed E-state index contributed by atoms with van der Waals surface area (Å²) >= 11 is 4.06. The Morgan fingerprint density at radius 3 is 1.93 bits per heavy atom. The van der Waals surface area contributed by atoms with Gasteiger partial charge in [0.15, 0.2) is 0 Å². The van der Waals surface area contributed by atoms with E-state index in [1.807, 2.05) is 0 Å². The average Bonchev–Trinajstić information content (AvgIpc) is 2.25. The Bertz CT molecular complexity index is 192.